The van der Waals surface area contributed by atoms with Crippen molar-refractivity contribution in [3.63, 3.8) is 0 Å². The van der Waals surface area contributed by atoms with Crippen molar-refractivity contribution in [2.24, 2.45) is 0 Å². The molecular weight excluding hydrogens is 278 g/mol. The van der Waals surface area contributed by atoms with Crippen LogP contribution < -0.4 is 5.32 Å². The molecule has 1 heterocycles. The minimum Gasteiger partial charge on any atom is -0.404 e. The third-order valence-corrected chi connectivity index (χ3v) is 3.02. The highest BCUT2D eigenvalue weighted by atomic mass is 16.6. The van der Waals surface area contributed by atoms with E-state index in [1.54, 1.807) is 13.0 Å². The van der Waals surface area contributed by atoms with E-state index in [0.717, 1.165) is 5.56 Å². The van der Waals surface area contributed by atoms with Crippen LogP contribution >= 0.6 is 0 Å². The Morgan fingerprint density at radius 1 is 1.10 bits per heavy atom. The van der Waals surface area contributed by atoms with Crippen molar-refractivity contribution in [1.29, 1.82) is 0 Å². The van der Waals surface area contributed by atoms with Crippen LogP contribution in [-0.4, -0.2) is 9.85 Å². The minimum atomic E-state index is -0.620. The van der Waals surface area contributed by atoms with Crippen LogP contribution in [-0.2, 0) is 6.54 Å². The molecule has 2 aromatic rings. The zero-order valence-corrected chi connectivity index (χ0v) is 11.5. The summed E-state index contributed by atoms with van der Waals surface area (Å²) in [5, 5.41) is 24.4. The van der Waals surface area contributed by atoms with E-state index in [0.29, 0.717) is 17.0 Å². The maximum absolute atomic E-state index is 10.9. The number of anilines is 1. The number of benzene rings is 1. The Bertz CT molecular complexity index is 708. The van der Waals surface area contributed by atoms with Crippen molar-refractivity contribution in [2.45, 2.75) is 20.4 Å². The van der Waals surface area contributed by atoms with Gasteiger partial charge < -0.3 is 9.73 Å². The van der Waals surface area contributed by atoms with Crippen molar-refractivity contribution in [3.8, 4) is 0 Å². The van der Waals surface area contributed by atoms with Crippen molar-refractivity contribution < 1.29 is 14.3 Å². The average Bonchev–Trinajstić information content (AvgIpc) is 2.86. The SMILES string of the molecule is Cc1cc(C)c([N+](=O)[O-])cc1NCc1ccc([N+](=O)[O-])o1. The molecule has 21 heavy (non-hydrogen) atoms. The number of nitro benzene ring substituents is 1. The van der Waals surface area contributed by atoms with Gasteiger partial charge in [-0.05, 0) is 31.5 Å². The fraction of sp³-hybridized carbons (Fsp3) is 0.231. The highest BCUT2D eigenvalue weighted by Gasteiger charge is 2.15. The molecule has 0 bridgehead atoms. The lowest BCUT2D eigenvalue weighted by Gasteiger charge is -2.09. The van der Waals surface area contributed by atoms with Gasteiger partial charge in [-0.25, -0.2) is 0 Å². The van der Waals surface area contributed by atoms with Gasteiger partial charge in [0.1, 0.15) is 10.7 Å². The van der Waals surface area contributed by atoms with Crippen molar-refractivity contribution in [1.82, 2.24) is 0 Å². The van der Waals surface area contributed by atoms with E-state index in [1.165, 1.54) is 18.2 Å². The summed E-state index contributed by atoms with van der Waals surface area (Å²) >= 11 is 0. The molecule has 0 radical (unpaired) electrons. The first-order valence-electron chi connectivity index (χ1n) is 6.11. The lowest BCUT2D eigenvalue weighted by molar-refractivity contribution is -0.402. The molecule has 0 aliphatic carbocycles. The van der Waals surface area contributed by atoms with Gasteiger partial charge in [-0.15, -0.1) is 0 Å². The highest BCUT2D eigenvalue weighted by molar-refractivity contribution is 5.60. The van der Waals surface area contributed by atoms with Gasteiger partial charge in [0.15, 0.2) is 0 Å². The lowest BCUT2D eigenvalue weighted by Crippen LogP contribution is -2.02. The van der Waals surface area contributed by atoms with Crippen molar-refractivity contribution in [2.75, 3.05) is 5.32 Å². The zero-order valence-electron chi connectivity index (χ0n) is 11.5. The molecule has 0 aliphatic heterocycles. The van der Waals surface area contributed by atoms with Gasteiger partial charge in [0.25, 0.3) is 5.69 Å². The fourth-order valence-electron chi connectivity index (χ4n) is 1.97. The minimum absolute atomic E-state index is 0.0218. The Labute approximate surface area is 119 Å². The van der Waals surface area contributed by atoms with Gasteiger partial charge in [-0.1, -0.05) is 0 Å². The van der Waals surface area contributed by atoms with Gasteiger partial charge in [0.2, 0.25) is 0 Å². The standard InChI is InChI=1S/C13H13N3O5/c1-8-5-9(2)12(15(17)18)6-11(8)14-7-10-3-4-13(21-10)16(19)20/h3-6,14H,7H2,1-2H3. The zero-order chi connectivity index (χ0) is 15.6. The molecule has 1 aromatic heterocycles. The summed E-state index contributed by atoms with van der Waals surface area (Å²) in [5.74, 6) is 0.0442. The van der Waals surface area contributed by atoms with Crippen LogP contribution in [0.2, 0.25) is 0 Å². The Hall–Kier alpha value is -2.90. The second-order valence-corrected chi connectivity index (χ2v) is 4.56. The van der Waals surface area contributed by atoms with Crippen LogP contribution in [0.25, 0.3) is 0 Å². The van der Waals surface area contributed by atoms with Crippen LogP contribution in [0.1, 0.15) is 16.9 Å². The number of furan rings is 1. The summed E-state index contributed by atoms with van der Waals surface area (Å²) in [4.78, 5) is 20.4. The van der Waals surface area contributed by atoms with Crippen LogP contribution in [0.3, 0.4) is 0 Å². The molecule has 0 saturated carbocycles. The van der Waals surface area contributed by atoms with Crippen LogP contribution in [0.15, 0.2) is 28.7 Å². The molecule has 0 aliphatic rings. The highest BCUT2D eigenvalue weighted by Crippen LogP contribution is 2.27. The molecule has 0 unspecified atom stereocenters. The number of rotatable bonds is 5. The molecule has 2 rings (SSSR count). The monoisotopic (exact) mass is 291 g/mol. The van der Waals surface area contributed by atoms with Gasteiger partial charge >= 0.3 is 5.88 Å². The summed E-state index contributed by atoms with van der Waals surface area (Å²) in [5.41, 5.74) is 2.04. The summed E-state index contributed by atoms with van der Waals surface area (Å²) in [6, 6.07) is 5.91. The molecule has 0 amide bonds. The Morgan fingerprint density at radius 3 is 2.38 bits per heavy atom. The molecule has 8 nitrogen and oxygen atoms in total. The van der Waals surface area contributed by atoms with E-state index in [9.17, 15) is 20.2 Å². The van der Waals surface area contributed by atoms with E-state index >= 15 is 0 Å². The number of hydrogen-bond acceptors (Lipinski definition) is 6. The topological polar surface area (TPSA) is 111 Å². The number of nitrogens with zero attached hydrogens (tertiary/aromatic N) is 2. The van der Waals surface area contributed by atoms with Crippen molar-refractivity contribution in [3.05, 3.63) is 61.4 Å². The van der Waals surface area contributed by atoms with Crippen LogP contribution in [0.4, 0.5) is 17.3 Å². The normalized spacial score (nSPS) is 10.4. The second-order valence-electron chi connectivity index (χ2n) is 4.56. The Balaban J connectivity index is 2.17. The molecule has 0 atom stereocenters. The van der Waals surface area contributed by atoms with Gasteiger partial charge in [-0.3, -0.25) is 20.2 Å². The van der Waals surface area contributed by atoms with E-state index in [-0.39, 0.29) is 18.1 Å². The maximum atomic E-state index is 10.9. The van der Waals surface area contributed by atoms with Crippen molar-refractivity contribution >= 4 is 17.3 Å². The summed E-state index contributed by atoms with van der Waals surface area (Å²) in [6.45, 7) is 3.70. The molecule has 1 aromatic carbocycles. The third-order valence-electron chi connectivity index (χ3n) is 3.02. The smallest absolute Gasteiger partial charge is 0.404 e. The molecule has 110 valence electrons. The summed E-state index contributed by atoms with van der Waals surface area (Å²) < 4.78 is 5.01. The first-order valence-corrected chi connectivity index (χ1v) is 6.11. The van der Waals surface area contributed by atoms with Gasteiger partial charge in [-0.2, -0.15) is 0 Å². The largest absolute Gasteiger partial charge is 0.433 e. The molecule has 0 spiro atoms. The predicted molar refractivity (Wildman–Crippen MR) is 75.3 cm³/mol. The number of nitrogens with one attached hydrogen (secondary N) is 1. The van der Waals surface area contributed by atoms with E-state index in [2.05, 4.69) is 5.32 Å². The number of nitro groups is 2. The van der Waals surface area contributed by atoms with E-state index < -0.39 is 9.85 Å². The quantitative estimate of drug-likeness (QED) is 0.668. The van der Waals surface area contributed by atoms with Crippen LogP contribution in [0.5, 0.6) is 0 Å². The molecule has 1 N–H and O–H groups in total. The molecule has 0 saturated heterocycles. The Kier molecular flexibility index (Phi) is 3.88. The Morgan fingerprint density at radius 2 is 1.81 bits per heavy atom. The predicted octanol–water partition coefficient (Wildman–Crippen LogP) is 3.32. The molecule has 0 fully saturated rings. The van der Waals surface area contributed by atoms with Gasteiger partial charge in [0.05, 0.1) is 17.5 Å². The van der Waals surface area contributed by atoms with Crippen LogP contribution in [0, 0.1) is 34.1 Å². The third kappa shape index (κ3) is 3.16. The fourth-order valence-corrected chi connectivity index (χ4v) is 1.97. The second kappa shape index (κ2) is 5.61. The molecule has 8 heteroatoms. The summed E-state index contributed by atoms with van der Waals surface area (Å²) in [7, 11) is 0. The van der Waals surface area contributed by atoms with E-state index in [4.69, 9.17) is 4.42 Å². The van der Waals surface area contributed by atoms with E-state index in [1.807, 2.05) is 6.92 Å². The first-order chi connectivity index (χ1) is 9.88. The number of aryl methyl sites for hydroxylation is 2. The lowest BCUT2D eigenvalue weighted by atomic mass is 10.1. The maximum Gasteiger partial charge on any atom is 0.433 e. The number of hydrogen-bond donors (Lipinski definition) is 1. The molecular formula is C13H13N3O5. The summed E-state index contributed by atoms with van der Waals surface area (Å²) in [6.07, 6.45) is 0. The van der Waals surface area contributed by atoms with Gasteiger partial charge in [0, 0.05) is 17.3 Å². The first kappa shape index (κ1) is 14.5. The average molecular weight is 291 g/mol.